The SMILES string of the molecule is Cc1cnc(N2CCc3nc(C)n(C)c(=O)c3CC2)nc1N. The van der Waals surface area contributed by atoms with Gasteiger partial charge in [-0.25, -0.2) is 9.97 Å². The van der Waals surface area contributed by atoms with Gasteiger partial charge in [-0.2, -0.15) is 4.98 Å². The van der Waals surface area contributed by atoms with Crippen LogP contribution in [-0.2, 0) is 19.9 Å². The fraction of sp³-hybridized carbons (Fsp3) is 0.467. The van der Waals surface area contributed by atoms with E-state index in [2.05, 4.69) is 19.9 Å². The number of aryl methyl sites for hydroxylation is 2. The third-order valence-corrected chi connectivity index (χ3v) is 4.22. The van der Waals surface area contributed by atoms with E-state index in [9.17, 15) is 4.79 Å². The molecule has 0 bridgehead atoms. The lowest BCUT2D eigenvalue weighted by Crippen LogP contribution is -2.29. The summed E-state index contributed by atoms with van der Waals surface area (Å²) in [6.45, 7) is 5.16. The van der Waals surface area contributed by atoms with Crippen LogP contribution in [0.3, 0.4) is 0 Å². The van der Waals surface area contributed by atoms with Crippen LogP contribution in [0.2, 0.25) is 0 Å². The summed E-state index contributed by atoms with van der Waals surface area (Å²) in [5.74, 6) is 1.86. The van der Waals surface area contributed by atoms with E-state index in [1.165, 1.54) is 0 Å². The maximum Gasteiger partial charge on any atom is 0.256 e. The van der Waals surface area contributed by atoms with Crippen molar-refractivity contribution < 1.29 is 0 Å². The van der Waals surface area contributed by atoms with Crippen molar-refractivity contribution in [3.8, 4) is 0 Å². The van der Waals surface area contributed by atoms with E-state index in [1.54, 1.807) is 17.8 Å². The molecular weight excluding hydrogens is 280 g/mol. The van der Waals surface area contributed by atoms with Gasteiger partial charge in [0.2, 0.25) is 5.95 Å². The molecule has 0 spiro atoms. The minimum atomic E-state index is 0.0497. The van der Waals surface area contributed by atoms with Gasteiger partial charge in [0.25, 0.3) is 5.56 Å². The highest BCUT2D eigenvalue weighted by atomic mass is 16.1. The number of fused-ring (bicyclic) bond motifs is 1. The molecule has 0 unspecified atom stereocenters. The van der Waals surface area contributed by atoms with Crippen molar-refractivity contribution in [2.24, 2.45) is 7.05 Å². The van der Waals surface area contributed by atoms with Crippen LogP contribution in [-0.4, -0.2) is 32.6 Å². The van der Waals surface area contributed by atoms with Gasteiger partial charge in [-0.15, -0.1) is 0 Å². The number of aromatic nitrogens is 4. The topological polar surface area (TPSA) is 89.9 Å². The first-order valence-electron chi connectivity index (χ1n) is 7.37. The van der Waals surface area contributed by atoms with Gasteiger partial charge in [-0.1, -0.05) is 0 Å². The normalized spacial score (nSPS) is 14.6. The summed E-state index contributed by atoms with van der Waals surface area (Å²) < 4.78 is 1.61. The lowest BCUT2D eigenvalue weighted by molar-refractivity contribution is 0.736. The largest absolute Gasteiger partial charge is 0.383 e. The molecule has 1 aliphatic rings. The van der Waals surface area contributed by atoms with Crippen LogP contribution < -0.4 is 16.2 Å². The number of nitrogens with zero attached hydrogens (tertiary/aromatic N) is 5. The van der Waals surface area contributed by atoms with E-state index in [-0.39, 0.29) is 5.56 Å². The van der Waals surface area contributed by atoms with Gasteiger partial charge in [0.1, 0.15) is 11.6 Å². The minimum absolute atomic E-state index is 0.0497. The first-order valence-corrected chi connectivity index (χ1v) is 7.37. The Morgan fingerprint density at radius 2 is 1.91 bits per heavy atom. The molecule has 2 N–H and O–H groups in total. The lowest BCUT2D eigenvalue weighted by atomic mass is 10.1. The highest BCUT2D eigenvalue weighted by Gasteiger charge is 2.21. The summed E-state index contributed by atoms with van der Waals surface area (Å²) in [6.07, 6.45) is 3.09. The molecule has 0 aliphatic carbocycles. The Morgan fingerprint density at radius 1 is 1.18 bits per heavy atom. The zero-order chi connectivity index (χ0) is 15.9. The summed E-state index contributed by atoms with van der Waals surface area (Å²) in [5.41, 5.74) is 8.48. The number of hydrogen-bond donors (Lipinski definition) is 1. The highest BCUT2D eigenvalue weighted by Crippen LogP contribution is 2.17. The molecule has 0 radical (unpaired) electrons. The van der Waals surface area contributed by atoms with Gasteiger partial charge >= 0.3 is 0 Å². The Hall–Kier alpha value is -2.44. The maximum absolute atomic E-state index is 12.4. The molecular formula is C15H20N6O. The Morgan fingerprint density at radius 3 is 2.64 bits per heavy atom. The quantitative estimate of drug-likeness (QED) is 0.818. The first-order chi connectivity index (χ1) is 10.5. The van der Waals surface area contributed by atoms with Crippen molar-refractivity contribution in [2.75, 3.05) is 23.7 Å². The Bertz CT molecular complexity index is 782. The summed E-state index contributed by atoms with van der Waals surface area (Å²) in [6, 6.07) is 0. The smallest absolute Gasteiger partial charge is 0.256 e. The molecule has 0 aromatic carbocycles. The van der Waals surface area contributed by atoms with Gasteiger partial charge in [-0.3, -0.25) is 9.36 Å². The Labute approximate surface area is 128 Å². The molecule has 0 saturated heterocycles. The second kappa shape index (κ2) is 5.40. The molecule has 3 rings (SSSR count). The number of nitrogen functional groups attached to an aromatic ring is 1. The van der Waals surface area contributed by atoms with Crippen molar-refractivity contribution >= 4 is 11.8 Å². The van der Waals surface area contributed by atoms with Crippen LogP contribution in [0.15, 0.2) is 11.0 Å². The summed E-state index contributed by atoms with van der Waals surface area (Å²) in [5, 5.41) is 0. The minimum Gasteiger partial charge on any atom is -0.383 e. The second-order valence-corrected chi connectivity index (χ2v) is 5.67. The molecule has 0 saturated carbocycles. The molecule has 7 nitrogen and oxygen atoms in total. The number of rotatable bonds is 1. The van der Waals surface area contributed by atoms with E-state index in [0.717, 1.165) is 29.2 Å². The predicted octanol–water partition coefficient (Wildman–Crippen LogP) is 0.375. The van der Waals surface area contributed by atoms with Crippen molar-refractivity contribution in [2.45, 2.75) is 26.7 Å². The molecule has 3 heterocycles. The van der Waals surface area contributed by atoms with Gasteiger partial charge in [0.15, 0.2) is 0 Å². The van der Waals surface area contributed by atoms with Crippen molar-refractivity contribution in [3.05, 3.63) is 39.2 Å². The van der Waals surface area contributed by atoms with E-state index in [1.807, 2.05) is 13.8 Å². The van der Waals surface area contributed by atoms with Gasteiger partial charge < -0.3 is 10.6 Å². The third-order valence-electron chi connectivity index (χ3n) is 4.22. The summed E-state index contributed by atoms with van der Waals surface area (Å²) in [4.78, 5) is 27.7. The van der Waals surface area contributed by atoms with Gasteiger partial charge in [0, 0.05) is 43.9 Å². The van der Waals surface area contributed by atoms with E-state index in [4.69, 9.17) is 5.73 Å². The van der Waals surface area contributed by atoms with E-state index >= 15 is 0 Å². The van der Waals surface area contributed by atoms with E-state index < -0.39 is 0 Å². The Kier molecular flexibility index (Phi) is 3.56. The first kappa shape index (κ1) is 14.5. The van der Waals surface area contributed by atoms with Crippen LogP contribution in [0.4, 0.5) is 11.8 Å². The summed E-state index contributed by atoms with van der Waals surface area (Å²) >= 11 is 0. The van der Waals surface area contributed by atoms with Crippen LogP contribution in [0.5, 0.6) is 0 Å². The maximum atomic E-state index is 12.4. The summed E-state index contributed by atoms with van der Waals surface area (Å²) in [7, 11) is 1.76. The Balaban J connectivity index is 1.92. The fourth-order valence-corrected chi connectivity index (χ4v) is 2.67. The average Bonchev–Trinajstić information content (AvgIpc) is 2.70. The zero-order valence-corrected chi connectivity index (χ0v) is 13.1. The molecule has 2 aromatic heterocycles. The third kappa shape index (κ3) is 2.43. The molecule has 116 valence electrons. The van der Waals surface area contributed by atoms with Crippen molar-refractivity contribution in [1.29, 1.82) is 0 Å². The number of anilines is 2. The molecule has 0 fully saturated rings. The molecule has 0 atom stereocenters. The second-order valence-electron chi connectivity index (χ2n) is 5.67. The van der Waals surface area contributed by atoms with Crippen LogP contribution in [0, 0.1) is 13.8 Å². The number of nitrogens with two attached hydrogens (primary N) is 1. The van der Waals surface area contributed by atoms with E-state index in [0.29, 0.717) is 31.2 Å². The highest BCUT2D eigenvalue weighted by molar-refractivity contribution is 5.44. The zero-order valence-electron chi connectivity index (χ0n) is 13.1. The standard InChI is InChI=1S/C15H20N6O/c1-9-8-17-15(19-13(9)16)21-6-4-11-12(5-7-21)18-10(2)20(3)14(11)22/h8H,4-7H2,1-3H3,(H2,16,17,19). The molecule has 22 heavy (non-hydrogen) atoms. The lowest BCUT2D eigenvalue weighted by Gasteiger charge is -2.20. The molecule has 0 amide bonds. The fourth-order valence-electron chi connectivity index (χ4n) is 2.67. The molecule has 1 aliphatic heterocycles. The average molecular weight is 300 g/mol. The van der Waals surface area contributed by atoms with Crippen LogP contribution in [0.25, 0.3) is 0 Å². The predicted molar refractivity (Wildman–Crippen MR) is 85.0 cm³/mol. The number of hydrogen-bond acceptors (Lipinski definition) is 6. The van der Waals surface area contributed by atoms with Gasteiger partial charge in [0.05, 0.1) is 5.69 Å². The monoisotopic (exact) mass is 300 g/mol. The van der Waals surface area contributed by atoms with Crippen LogP contribution >= 0.6 is 0 Å². The van der Waals surface area contributed by atoms with Crippen molar-refractivity contribution in [1.82, 2.24) is 19.5 Å². The van der Waals surface area contributed by atoms with Gasteiger partial charge in [-0.05, 0) is 20.3 Å². The van der Waals surface area contributed by atoms with Crippen molar-refractivity contribution in [3.63, 3.8) is 0 Å². The molecule has 7 heteroatoms. The van der Waals surface area contributed by atoms with Crippen LogP contribution in [0.1, 0.15) is 22.6 Å². The molecule has 2 aromatic rings.